The van der Waals surface area contributed by atoms with E-state index in [1.807, 2.05) is 12.1 Å². The zero-order valence-corrected chi connectivity index (χ0v) is 12.8. The Morgan fingerprint density at radius 1 is 1.38 bits per heavy atom. The molecule has 2 N–H and O–H groups in total. The summed E-state index contributed by atoms with van der Waals surface area (Å²) in [6.45, 7) is 4.80. The highest BCUT2D eigenvalue weighted by Gasteiger charge is 2.24. The monoisotopic (exact) mass is 291 g/mol. The molecule has 116 valence electrons. The van der Waals surface area contributed by atoms with Gasteiger partial charge >= 0.3 is 0 Å². The van der Waals surface area contributed by atoms with Crippen LogP contribution in [0.1, 0.15) is 49.9 Å². The maximum absolute atomic E-state index is 12.3. The SMILES string of the molecule is CC(C)COc1cccc(C(=O)N[C@@H]2CCCC[C@H]2O)c1. The van der Waals surface area contributed by atoms with Crippen LogP contribution in [0.5, 0.6) is 5.75 Å². The summed E-state index contributed by atoms with van der Waals surface area (Å²) < 4.78 is 5.64. The molecule has 0 aromatic heterocycles. The lowest BCUT2D eigenvalue weighted by Gasteiger charge is -2.28. The summed E-state index contributed by atoms with van der Waals surface area (Å²) in [4.78, 5) is 12.3. The molecule has 1 amide bonds. The average molecular weight is 291 g/mol. The zero-order valence-electron chi connectivity index (χ0n) is 12.8. The lowest BCUT2D eigenvalue weighted by atomic mass is 9.92. The molecule has 1 saturated carbocycles. The van der Waals surface area contributed by atoms with Crippen LogP contribution >= 0.6 is 0 Å². The first-order valence-electron chi connectivity index (χ1n) is 7.78. The molecular formula is C17H25NO3. The van der Waals surface area contributed by atoms with Crippen LogP contribution in [0.4, 0.5) is 0 Å². The van der Waals surface area contributed by atoms with Crippen molar-refractivity contribution < 1.29 is 14.6 Å². The molecule has 0 saturated heterocycles. The summed E-state index contributed by atoms with van der Waals surface area (Å²) in [5.41, 5.74) is 0.578. The molecular weight excluding hydrogens is 266 g/mol. The fourth-order valence-corrected chi connectivity index (χ4v) is 2.52. The summed E-state index contributed by atoms with van der Waals surface area (Å²) in [6.07, 6.45) is 3.27. The third-order valence-electron chi connectivity index (χ3n) is 3.73. The molecule has 2 atom stereocenters. The lowest BCUT2D eigenvalue weighted by molar-refractivity contribution is 0.0717. The summed E-state index contributed by atoms with van der Waals surface area (Å²) in [5.74, 6) is 1.01. The smallest absolute Gasteiger partial charge is 0.251 e. The van der Waals surface area contributed by atoms with Gasteiger partial charge in [-0.15, -0.1) is 0 Å². The van der Waals surface area contributed by atoms with Gasteiger partial charge in [0.1, 0.15) is 5.75 Å². The van der Waals surface area contributed by atoms with Gasteiger partial charge in [0, 0.05) is 5.56 Å². The molecule has 0 aliphatic heterocycles. The molecule has 1 aromatic carbocycles. The van der Waals surface area contributed by atoms with Gasteiger partial charge in [-0.3, -0.25) is 4.79 Å². The molecule has 1 fully saturated rings. The Labute approximate surface area is 126 Å². The van der Waals surface area contributed by atoms with Crippen molar-refractivity contribution in [3.8, 4) is 5.75 Å². The largest absolute Gasteiger partial charge is 0.493 e. The van der Waals surface area contributed by atoms with E-state index >= 15 is 0 Å². The molecule has 4 heteroatoms. The molecule has 21 heavy (non-hydrogen) atoms. The Hall–Kier alpha value is -1.55. The first-order chi connectivity index (χ1) is 10.1. The van der Waals surface area contributed by atoms with Crippen molar-refractivity contribution in [2.75, 3.05) is 6.61 Å². The van der Waals surface area contributed by atoms with Gasteiger partial charge in [0.2, 0.25) is 0 Å². The predicted octanol–water partition coefficient (Wildman–Crippen LogP) is 2.75. The van der Waals surface area contributed by atoms with E-state index in [4.69, 9.17) is 4.74 Å². The number of ether oxygens (including phenoxy) is 1. The van der Waals surface area contributed by atoms with Gasteiger partial charge in [-0.2, -0.15) is 0 Å². The Kier molecular flexibility index (Phi) is 5.62. The molecule has 4 nitrogen and oxygen atoms in total. The van der Waals surface area contributed by atoms with Gasteiger partial charge in [0.05, 0.1) is 18.8 Å². The van der Waals surface area contributed by atoms with Crippen molar-refractivity contribution in [1.82, 2.24) is 5.32 Å². The second-order valence-electron chi connectivity index (χ2n) is 6.16. The Balaban J connectivity index is 1.96. The molecule has 2 rings (SSSR count). The molecule has 0 heterocycles. The van der Waals surface area contributed by atoms with E-state index < -0.39 is 6.10 Å². The van der Waals surface area contributed by atoms with Crippen molar-refractivity contribution >= 4 is 5.91 Å². The van der Waals surface area contributed by atoms with E-state index in [0.717, 1.165) is 25.7 Å². The standard InChI is InChI=1S/C17H25NO3/c1-12(2)11-21-14-7-5-6-13(10-14)17(20)18-15-8-3-4-9-16(15)19/h5-7,10,12,15-16,19H,3-4,8-9,11H2,1-2H3,(H,18,20)/t15-,16-/m1/s1. The minimum atomic E-state index is -0.428. The van der Waals surface area contributed by atoms with E-state index in [9.17, 15) is 9.90 Å². The van der Waals surface area contributed by atoms with Gasteiger partial charge in [0.15, 0.2) is 0 Å². The van der Waals surface area contributed by atoms with Crippen LogP contribution in [0.2, 0.25) is 0 Å². The van der Waals surface area contributed by atoms with Gasteiger partial charge in [-0.25, -0.2) is 0 Å². The summed E-state index contributed by atoms with van der Waals surface area (Å²) in [6, 6.07) is 7.07. The van der Waals surface area contributed by atoms with E-state index in [1.165, 1.54) is 0 Å². The van der Waals surface area contributed by atoms with Crippen LogP contribution in [0.25, 0.3) is 0 Å². The molecule has 0 spiro atoms. The molecule has 1 aliphatic carbocycles. The number of aliphatic hydroxyl groups is 1. The molecule has 0 unspecified atom stereocenters. The Morgan fingerprint density at radius 3 is 2.86 bits per heavy atom. The zero-order chi connectivity index (χ0) is 15.2. The van der Waals surface area contributed by atoms with E-state index in [1.54, 1.807) is 12.1 Å². The molecule has 1 aromatic rings. The number of nitrogens with one attached hydrogen (secondary N) is 1. The highest BCUT2D eigenvalue weighted by atomic mass is 16.5. The number of hydrogen-bond acceptors (Lipinski definition) is 3. The van der Waals surface area contributed by atoms with Gasteiger partial charge in [0.25, 0.3) is 5.91 Å². The highest BCUT2D eigenvalue weighted by molar-refractivity contribution is 5.94. The summed E-state index contributed by atoms with van der Waals surface area (Å²) >= 11 is 0. The van der Waals surface area contributed by atoms with Crippen LogP contribution in [-0.2, 0) is 0 Å². The number of benzene rings is 1. The average Bonchev–Trinajstić information content (AvgIpc) is 2.48. The first kappa shape index (κ1) is 15.8. The minimum absolute atomic E-state index is 0.133. The lowest BCUT2D eigenvalue weighted by Crippen LogP contribution is -2.45. The second-order valence-corrected chi connectivity index (χ2v) is 6.16. The molecule has 0 bridgehead atoms. The van der Waals surface area contributed by atoms with Gasteiger partial charge < -0.3 is 15.2 Å². The van der Waals surface area contributed by atoms with Crippen LogP contribution in [0, 0.1) is 5.92 Å². The fourth-order valence-electron chi connectivity index (χ4n) is 2.52. The highest BCUT2D eigenvalue weighted by Crippen LogP contribution is 2.19. The van der Waals surface area contributed by atoms with E-state index in [0.29, 0.717) is 23.8 Å². The first-order valence-corrected chi connectivity index (χ1v) is 7.78. The number of rotatable bonds is 5. The van der Waals surface area contributed by atoms with E-state index in [-0.39, 0.29) is 11.9 Å². The van der Waals surface area contributed by atoms with Crippen molar-refractivity contribution in [3.05, 3.63) is 29.8 Å². The predicted molar refractivity (Wildman–Crippen MR) is 82.5 cm³/mol. The quantitative estimate of drug-likeness (QED) is 0.877. The van der Waals surface area contributed by atoms with Crippen molar-refractivity contribution in [3.63, 3.8) is 0 Å². The molecule has 0 radical (unpaired) electrons. The fraction of sp³-hybridized carbons (Fsp3) is 0.588. The van der Waals surface area contributed by atoms with Crippen LogP contribution in [0.15, 0.2) is 24.3 Å². The normalized spacial score (nSPS) is 22.1. The van der Waals surface area contributed by atoms with Gasteiger partial charge in [-0.1, -0.05) is 32.8 Å². The van der Waals surface area contributed by atoms with Crippen molar-refractivity contribution in [1.29, 1.82) is 0 Å². The van der Waals surface area contributed by atoms with Crippen LogP contribution in [-0.4, -0.2) is 29.8 Å². The van der Waals surface area contributed by atoms with Crippen molar-refractivity contribution in [2.24, 2.45) is 5.92 Å². The Bertz CT molecular complexity index is 473. The number of carbonyl (C=O) groups is 1. The number of amides is 1. The van der Waals surface area contributed by atoms with Gasteiger partial charge in [-0.05, 0) is 37.0 Å². The number of carbonyl (C=O) groups excluding carboxylic acids is 1. The maximum Gasteiger partial charge on any atom is 0.251 e. The maximum atomic E-state index is 12.3. The summed E-state index contributed by atoms with van der Waals surface area (Å²) in [7, 11) is 0. The third-order valence-corrected chi connectivity index (χ3v) is 3.73. The topological polar surface area (TPSA) is 58.6 Å². The second kappa shape index (κ2) is 7.46. The van der Waals surface area contributed by atoms with Crippen LogP contribution in [0.3, 0.4) is 0 Å². The third kappa shape index (κ3) is 4.74. The number of aliphatic hydroxyl groups excluding tert-OH is 1. The van der Waals surface area contributed by atoms with E-state index in [2.05, 4.69) is 19.2 Å². The summed E-state index contributed by atoms with van der Waals surface area (Å²) in [5, 5.41) is 12.9. The van der Waals surface area contributed by atoms with Crippen molar-refractivity contribution in [2.45, 2.75) is 51.7 Å². The van der Waals surface area contributed by atoms with Crippen LogP contribution < -0.4 is 10.1 Å². The number of hydrogen-bond donors (Lipinski definition) is 2. The molecule has 1 aliphatic rings. The minimum Gasteiger partial charge on any atom is -0.493 e. The Morgan fingerprint density at radius 2 is 2.14 bits per heavy atom.